The van der Waals surface area contributed by atoms with Crippen molar-refractivity contribution in [3.63, 3.8) is 0 Å². The fourth-order valence-electron chi connectivity index (χ4n) is 2.76. The monoisotopic (exact) mass is 325 g/mol. The van der Waals surface area contributed by atoms with Gasteiger partial charge in [-0.1, -0.05) is 36.4 Å². The Labute approximate surface area is 141 Å². The van der Waals surface area contributed by atoms with Gasteiger partial charge in [0.15, 0.2) is 0 Å². The first-order valence-corrected chi connectivity index (χ1v) is 8.12. The Morgan fingerprint density at radius 1 is 1.21 bits per heavy atom. The summed E-state index contributed by atoms with van der Waals surface area (Å²) in [6.07, 6.45) is -0.571. The van der Waals surface area contributed by atoms with Gasteiger partial charge in [-0.3, -0.25) is 4.68 Å². The number of rotatable bonds is 7. The van der Waals surface area contributed by atoms with Gasteiger partial charge >= 0.3 is 0 Å². The third kappa shape index (κ3) is 3.93. The van der Waals surface area contributed by atoms with Crippen molar-refractivity contribution in [3.05, 3.63) is 59.9 Å². The Morgan fingerprint density at radius 3 is 2.79 bits per heavy atom. The van der Waals surface area contributed by atoms with Gasteiger partial charge in [0.25, 0.3) is 0 Å². The van der Waals surface area contributed by atoms with Crippen LogP contribution in [0.25, 0.3) is 10.8 Å². The van der Waals surface area contributed by atoms with Crippen molar-refractivity contribution in [1.29, 1.82) is 0 Å². The Hall–Kier alpha value is -2.37. The van der Waals surface area contributed by atoms with E-state index in [0.717, 1.165) is 27.9 Å². The second-order valence-corrected chi connectivity index (χ2v) is 5.97. The van der Waals surface area contributed by atoms with Crippen molar-refractivity contribution < 1.29 is 9.84 Å². The van der Waals surface area contributed by atoms with Crippen LogP contribution in [-0.2, 0) is 13.6 Å². The minimum atomic E-state index is -0.571. The lowest BCUT2D eigenvalue weighted by atomic mass is 10.1. The highest BCUT2D eigenvalue weighted by molar-refractivity contribution is 5.88. The predicted octanol–water partition coefficient (Wildman–Crippen LogP) is 2.41. The fourth-order valence-corrected chi connectivity index (χ4v) is 2.76. The SMILES string of the molecule is Cc1cc(CNCC(O)COc2cccc3ccccc23)n(C)n1. The molecule has 1 heterocycles. The van der Waals surface area contributed by atoms with E-state index < -0.39 is 6.10 Å². The largest absolute Gasteiger partial charge is 0.490 e. The summed E-state index contributed by atoms with van der Waals surface area (Å²) >= 11 is 0. The van der Waals surface area contributed by atoms with E-state index >= 15 is 0 Å². The van der Waals surface area contributed by atoms with Crippen LogP contribution in [-0.4, -0.2) is 34.1 Å². The molecule has 0 radical (unpaired) electrons. The quantitative estimate of drug-likeness (QED) is 0.700. The average molecular weight is 325 g/mol. The highest BCUT2D eigenvalue weighted by Crippen LogP contribution is 2.25. The summed E-state index contributed by atoms with van der Waals surface area (Å²) in [5, 5.41) is 19.9. The smallest absolute Gasteiger partial charge is 0.127 e. The third-order valence-electron chi connectivity index (χ3n) is 3.97. The van der Waals surface area contributed by atoms with Gasteiger partial charge in [-0.15, -0.1) is 0 Å². The minimum absolute atomic E-state index is 0.255. The summed E-state index contributed by atoms with van der Waals surface area (Å²) in [4.78, 5) is 0. The predicted molar refractivity (Wildman–Crippen MR) is 95.1 cm³/mol. The summed E-state index contributed by atoms with van der Waals surface area (Å²) < 4.78 is 7.65. The van der Waals surface area contributed by atoms with Crippen LogP contribution in [0, 0.1) is 6.92 Å². The molecule has 1 atom stereocenters. The summed E-state index contributed by atoms with van der Waals surface area (Å²) in [6, 6.07) is 16.1. The highest BCUT2D eigenvalue weighted by Gasteiger charge is 2.08. The number of aliphatic hydroxyl groups is 1. The molecule has 0 saturated carbocycles. The first-order chi connectivity index (χ1) is 11.6. The molecule has 5 heteroatoms. The van der Waals surface area contributed by atoms with E-state index in [1.54, 1.807) is 0 Å². The zero-order valence-electron chi connectivity index (χ0n) is 14.1. The number of aliphatic hydroxyl groups excluding tert-OH is 1. The molecule has 1 aromatic heterocycles. The van der Waals surface area contributed by atoms with Crippen LogP contribution in [0.5, 0.6) is 5.75 Å². The van der Waals surface area contributed by atoms with E-state index in [9.17, 15) is 5.11 Å². The van der Waals surface area contributed by atoms with Crippen molar-refractivity contribution in [2.75, 3.05) is 13.2 Å². The lowest BCUT2D eigenvalue weighted by Gasteiger charge is -2.14. The maximum atomic E-state index is 10.1. The molecule has 0 aliphatic carbocycles. The van der Waals surface area contributed by atoms with Gasteiger partial charge in [-0.2, -0.15) is 5.10 Å². The second-order valence-electron chi connectivity index (χ2n) is 5.97. The van der Waals surface area contributed by atoms with E-state index in [4.69, 9.17) is 4.74 Å². The van der Waals surface area contributed by atoms with E-state index in [0.29, 0.717) is 13.1 Å². The van der Waals surface area contributed by atoms with Gasteiger partial charge in [-0.05, 0) is 24.4 Å². The molecular weight excluding hydrogens is 302 g/mol. The second kappa shape index (κ2) is 7.47. The summed E-state index contributed by atoms with van der Waals surface area (Å²) in [5.41, 5.74) is 2.09. The number of hydrogen-bond donors (Lipinski definition) is 2. The van der Waals surface area contributed by atoms with Crippen LogP contribution < -0.4 is 10.1 Å². The van der Waals surface area contributed by atoms with Crippen LogP contribution in [0.1, 0.15) is 11.4 Å². The normalized spacial score (nSPS) is 12.5. The molecule has 0 saturated heterocycles. The number of aryl methyl sites for hydroxylation is 2. The van der Waals surface area contributed by atoms with Crippen molar-refractivity contribution >= 4 is 10.8 Å². The number of benzene rings is 2. The molecule has 0 spiro atoms. The molecule has 2 aromatic carbocycles. The van der Waals surface area contributed by atoms with Crippen LogP contribution >= 0.6 is 0 Å². The molecule has 0 fully saturated rings. The molecule has 3 rings (SSSR count). The van der Waals surface area contributed by atoms with Gasteiger partial charge in [0.2, 0.25) is 0 Å². The fraction of sp³-hybridized carbons (Fsp3) is 0.316. The zero-order chi connectivity index (χ0) is 16.9. The van der Waals surface area contributed by atoms with E-state index in [-0.39, 0.29) is 6.61 Å². The molecule has 5 nitrogen and oxygen atoms in total. The Kier molecular flexibility index (Phi) is 5.13. The first-order valence-electron chi connectivity index (χ1n) is 8.12. The summed E-state index contributed by atoms with van der Waals surface area (Å²) in [6.45, 7) is 3.36. The van der Waals surface area contributed by atoms with Crippen molar-refractivity contribution in [2.24, 2.45) is 7.05 Å². The third-order valence-corrected chi connectivity index (χ3v) is 3.97. The molecule has 0 amide bonds. The molecule has 0 aliphatic heterocycles. The average Bonchev–Trinajstić information content (AvgIpc) is 2.90. The topological polar surface area (TPSA) is 59.3 Å². The van der Waals surface area contributed by atoms with Crippen molar-refractivity contribution in [1.82, 2.24) is 15.1 Å². The van der Waals surface area contributed by atoms with Gasteiger partial charge in [0.1, 0.15) is 18.5 Å². The number of nitrogens with one attached hydrogen (secondary N) is 1. The molecular formula is C19H23N3O2. The molecule has 0 bridgehead atoms. The van der Waals surface area contributed by atoms with Crippen molar-refractivity contribution in [3.8, 4) is 5.75 Å². The molecule has 0 aliphatic rings. The lowest BCUT2D eigenvalue weighted by molar-refractivity contribution is 0.107. The van der Waals surface area contributed by atoms with E-state index in [2.05, 4.69) is 22.5 Å². The molecule has 126 valence electrons. The van der Waals surface area contributed by atoms with Gasteiger partial charge < -0.3 is 15.2 Å². The Bertz CT molecular complexity index is 808. The van der Waals surface area contributed by atoms with Crippen LogP contribution in [0.2, 0.25) is 0 Å². The molecule has 24 heavy (non-hydrogen) atoms. The highest BCUT2D eigenvalue weighted by atomic mass is 16.5. The van der Waals surface area contributed by atoms with Crippen molar-refractivity contribution in [2.45, 2.75) is 19.6 Å². The molecule has 1 unspecified atom stereocenters. The number of nitrogens with zero attached hydrogens (tertiary/aromatic N) is 2. The summed E-state index contributed by atoms with van der Waals surface area (Å²) in [7, 11) is 1.92. The number of fused-ring (bicyclic) bond motifs is 1. The number of hydrogen-bond acceptors (Lipinski definition) is 4. The zero-order valence-corrected chi connectivity index (χ0v) is 14.1. The summed E-state index contributed by atoms with van der Waals surface area (Å²) in [5.74, 6) is 0.800. The Balaban J connectivity index is 1.50. The number of aromatic nitrogens is 2. The lowest BCUT2D eigenvalue weighted by Crippen LogP contribution is -2.31. The first kappa shape index (κ1) is 16.5. The number of ether oxygens (including phenoxy) is 1. The van der Waals surface area contributed by atoms with Gasteiger partial charge in [0, 0.05) is 25.5 Å². The van der Waals surface area contributed by atoms with E-state index in [1.807, 2.05) is 55.1 Å². The Morgan fingerprint density at radius 2 is 2.00 bits per heavy atom. The molecule has 2 N–H and O–H groups in total. The van der Waals surface area contributed by atoms with E-state index in [1.165, 1.54) is 0 Å². The van der Waals surface area contributed by atoms with Crippen LogP contribution in [0.3, 0.4) is 0 Å². The van der Waals surface area contributed by atoms with Crippen LogP contribution in [0.4, 0.5) is 0 Å². The maximum absolute atomic E-state index is 10.1. The minimum Gasteiger partial charge on any atom is -0.490 e. The van der Waals surface area contributed by atoms with Gasteiger partial charge in [-0.25, -0.2) is 0 Å². The maximum Gasteiger partial charge on any atom is 0.127 e. The molecule has 3 aromatic rings. The standard InChI is InChI=1S/C19H23N3O2/c1-14-10-16(22(2)21-14)11-20-12-17(23)13-24-19-9-5-7-15-6-3-4-8-18(15)19/h3-10,17,20,23H,11-13H2,1-2H3. The van der Waals surface area contributed by atoms with Crippen LogP contribution in [0.15, 0.2) is 48.5 Å². The van der Waals surface area contributed by atoms with Gasteiger partial charge in [0.05, 0.1) is 11.4 Å².